The molecule has 1 saturated carbocycles. The van der Waals surface area contributed by atoms with Crippen LogP contribution in [0.2, 0.25) is 0 Å². The predicted octanol–water partition coefficient (Wildman–Crippen LogP) is 2.58. The van der Waals surface area contributed by atoms with Gasteiger partial charge in [0, 0.05) is 38.0 Å². The van der Waals surface area contributed by atoms with Crippen molar-refractivity contribution >= 4 is 12.0 Å². The molecule has 4 heterocycles. The first-order valence-corrected chi connectivity index (χ1v) is 17.6. The number of hydrogen-bond acceptors (Lipinski definition) is 7. The first kappa shape index (κ1) is 33.8. The summed E-state index contributed by atoms with van der Waals surface area (Å²) in [4.78, 5) is 47.8. The second-order valence-corrected chi connectivity index (χ2v) is 14.0. The molecule has 12 heteroatoms. The van der Waals surface area contributed by atoms with Crippen LogP contribution in [0.25, 0.3) is 22.9 Å². The molecule has 1 unspecified atom stereocenters. The third-order valence-electron chi connectivity index (χ3n) is 10.6. The molecule has 1 atom stereocenters. The fourth-order valence-electron chi connectivity index (χ4n) is 7.52. The van der Waals surface area contributed by atoms with E-state index in [1.54, 1.807) is 17.8 Å². The Hall–Kier alpha value is -4.68. The highest BCUT2D eigenvalue weighted by Gasteiger charge is 2.29. The SMILES string of the molecule is Cc1cc(C(=O)NC2CCC(n3c(=O)c4c(n(-c5cccc(-c6ccc(CN7CCC(CO)CC7)cc6)c5)c3=O)=NCC(F)C=4)CC2)nn1C. The van der Waals surface area contributed by atoms with Gasteiger partial charge in [0.2, 0.25) is 0 Å². The second kappa shape index (κ2) is 14.3. The highest BCUT2D eigenvalue weighted by molar-refractivity contribution is 5.92. The van der Waals surface area contributed by atoms with E-state index in [1.807, 2.05) is 31.2 Å². The van der Waals surface area contributed by atoms with Crippen molar-refractivity contribution in [3.8, 4) is 16.8 Å². The van der Waals surface area contributed by atoms with Crippen LogP contribution in [-0.4, -0.2) is 73.3 Å². The maximum absolute atomic E-state index is 14.6. The van der Waals surface area contributed by atoms with Gasteiger partial charge in [0.1, 0.15) is 17.4 Å². The van der Waals surface area contributed by atoms with E-state index in [0.29, 0.717) is 43.0 Å². The van der Waals surface area contributed by atoms with Crippen molar-refractivity contribution < 1.29 is 14.3 Å². The molecular weight excluding hydrogens is 637 g/mol. The summed E-state index contributed by atoms with van der Waals surface area (Å²) in [6.07, 6.45) is 4.06. The number of nitrogens with zero attached hydrogens (tertiary/aromatic N) is 6. The number of carbonyl (C=O) groups is 1. The Kier molecular flexibility index (Phi) is 9.65. The van der Waals surface area contributed by atoms with Gasteiger partial charge in [-0.15, -0.1) is 0 Å². The highest BCUT2D eigenvalue weighted by Crippen LogP contribution is 2.27. The van der Waals surface area contributed by atoms with Crippen LogP contribution in [0.15, 0.2) is 69.2 Å². The molecule has 0 radical (unpaired) electrons. The molecule has 0 spiro atoms. The number of alkyl halides is 1. The summed E-state index contributed by atoms with van der Waals surface area (Å²) in [5.41, 5.74) is 4.02. The van der Waals surface area contributed by atoms with E-state index in [9.17, 15) is 23.9 Å². The van der Waals surface area contributed by atoms with Crippen molar-refractivity contribution in [2.45, 2.75) is 70.2 Å². The third-order valence-corrected chi connectivity index (χ3v) is 10.6. The fourth-order valence-corrected chi connectivity index (χ4v) is 7.52. The summed E-state index contributed by atoms with van der Waals surface area (Å²) >= 11 is 0. The van der Waals surface area contributed by atoms with Gasteiger partial charge >= 0.3 is 5.69 Å². The van der Waals surface area contributed by atoms with Gasteiger partial charge in [0.25, 0.3) is 11.5 Å². The number of aromatic nitrogens is 4. The highest BCUT2D eigenvalue weighted by atomic mass is 19.1. The maximum Gasteiger partial charge on any atom is 0.337 e. The van der Waals surface area contributed by atoms with Gasteiger partial charge in [-0.3, -0.25) is 28.7 Å². The lowest BCUT2D eigenvalue weighted by Crippen LogP contribution is -2.60. The number of piperidine rings is 1. The topological polar surface area (TPSA) is 127 Å². The molecule has 4 aromatic rings. The van der Waals surface area contributed by atoms with E-state index in [-0.39, 0.29) is 35.8 Å². The quantitative estimate of drug-likeness (QED) is 0.295. The summed E-state index contributed by atoms with van der Waals surface area (Å²) in [6, 6.07) is 17.2. The number of halogens is 1. The van der Waals surface area contributed by atoms with Crippen LogP contribution in [-0.2, 0) is 13.6 Å². The Labute approximate surface area is 289 Å². The lowest BCUT2D eigenvalue weighted by Gasteiger charge is -2.31. The van der Waals surface area contributed by atoms with Crippen LogP contribution >= 0.6 is 0 Å². The van der Waals surface area contributed by atoms with Gasteiger partial charge in [-0.25, -0.2) is 13.8 Å². The summed E-state index contributed by atoms with van der Waals surface area (Å²) < 4.78 is 19.0. The average molecular weight is 682 g/mol. The Bertz CT molecular complexity index is 2100. The minimum absolute atomic E-state index is 0.0991. The molecule has 2 aliphatic heterocycles. The lowest BCUT2D eigenvalue weighted by atomic mass is 9.90. The van der Waals surface area contributed by atoms with Crippen LogP contribution < -0.4 is 27.3 Å². The van der Waals surface area contributed by atoms with E-state index >= 15 is 0 Å². The number of aryl methyl sites for hydroxylation is 2. The van der Waals surface area contributed by atoms with E-state index < -0.39 is 23.5 Å². The number of fused-ring (bicyclic) bond motifs is 1. The summed E-state index contributed by atoms with van der Waals surface area (Å²) in [5.74, 6) is 0.156. The van der Waals surface area contributed by atoms with Crippen molar-refractivity contribution in [3.05, 3.63) is 103 Å². The van der Waals surface area contributed by atoms with Crippen LogP contribution in [0.1, 0.15) is 66.3 Å². The van der Waals surface area contributed by atoms with Crippen LogP contribution in [0.5, 0.6) is 0 Å². The van der Waals surface area contributed by atoms with Crippen LogP contribution in [0.4, 0.5) is 4.39 Å². The zero-order chi connectivity index (χ0) is 34.9. The molecule has 50 heavy (non-hydrogen) atoms. The second-order valence-electron chi connectivity index (χ2n) is 14.0. The van der Waals surface area contributed by atoms with E-state index in [0.717, 1.165) is 49.3 Å². The zero-order valence-corrected chi connectivity index (χ0v) is 28.6. The summed E-state index contributed by atoms with van der Waals surface area (Å²) in [7, 11) is 1.79. The first-order chi connectivity index (χ1) is 24.2. The van der Waals surface area contributed by atoms with Gasteiger partial charge in [0.05, 0.1) is 17.5 Å². The molecule has 1 aliphatic carbocycles. The standard InChI is InChI=1S/C38H44FN7O4/c1-24-18-34(42-43(24)2)36(48)41-30-10-12-31(13-11-30)46-37(49)33-20-29(39)21-40-35(33)45(38(46)50)32-5-3-4-28(19-32)27-8-6-25(7-9-27)22-44-16-14-26(23-47)15-17-44/h3-9,18-20,26,29-31,47H,10-17,21-23H2,1-2H3,(H,41,48). The number of hydrogen-bond donors (Lipinski definition) is 2. The zero-order valence-electron chi connectivity index (χ0n) is 28.6. The number of benzene rings is 2. The summed E-state index contributed by atoms with van der Waals surface area (Å²) in [5, 5.41) is 16.9. The molecule has 3 aliphatic rings. The Balaban J connectivity index is 1.14. The molecule has 1 amide bonds. The number of nitrogens with one attached hydrogen (secondary N) is 1. The van der Waals surface area contributed by atoms with Crippen molar-refractivity contribution in [2.24, 2.45) is 18.0 Å². The minimum Gasteiger partial charge on any atom is -0.396 e. The number of aliphatic hydroxyl groups excluding tert-OH is 1. The normalized spacial score (nSPS) is 21.2. The van der Waals surface area contributed by atoms with E-state index in [1.165, 1.54) is 20.8 Å². The monoisotopic (exact) mass is 681 g/mol. The Morgan fingerprint density at radius 1 is 0.980 bits per heavy atom. The number of rotatable bonds is 8. The molecule has 1 saturated heterocycles. The van der Waals surface area contributed by atoms with Gasteiger partial charge in [-0.2, -0.15) is 5.10 Å². The lowest BCUT2D eigenvalue weighted by molar-refractivity contribution is 0.0916. The molecule has 7 rings (SSSR count). The van der Waals surface area contributed by atoms with Crippen molar-refractivity contribution in [1.29, 1.82) is 0 Å². The van der Waals surface area contributed by atoms with Gasteiger partial charge in [0.15, 0.2) is 0 Å². The van der Waals surface area contributed by atoms with Crippen LogP contribution in [0, 0.1) is 12.8 Å². The Morgan fingerprint density at radius 3 is 2.40 bits per heavy atom. The fraction of sp³-hybridized carbons (Fsp3) is 0.447. The molecule has 2 aromatic carbocycles. The molecule has 262 valence electrons. The van der Waals surface area contributed by atoms with Crippen molar-refractivity contribution in [2.75, 3.05) is 26.2 Å². The van der Waals surface area contributed by atoms with Crippen LogP contribution in [0.3, 0.4) is 0 Å². The molecular formula is C38H44FN7O4. The molecule has 0 bridgehead atoms. The first-order valence-electron chi connectivity index (χ1n) is 17.6. The average Bonchev–Trinajstić information content (AvgIpc) is 3.47. The Morgan fingerprint density at radius 2 is 1.72 bits per heavy atom. The van der Waals surface area contributed by atoms with E-state index in [2.05, 4.69) is 44.6 Å². The van der Waals surface area contributed by atoms with Gasteiger partial charge in [-0.05, 0) is 105 Å². The maximum atomic E-state index is 14.6. The molecule has 11 nitrogen and oxygen atoms in total. The summed E-state index contributed by atoms with van der Waals surface area (Å²) in [6.45, 7) is 4.80. The predicted molar refractivity (Wildman–Crippen MR) is 189 cm³/mol. The van der Waals surface area contributed by atoms with Gasteiger partial charge in [-0.1, -0.05) is 36.4 Å². The van der Waals surface area contributed by atoms with E-state index in [4.69, 9.17) is 0 Å². The van der Waals surface area contributed by atoms with Crippen molar-refractivity contribution in [1.82, 2.24) is 29.1 Å². The molecule has 2 fully saturated rings. The third kappa shape index (κ3) is 6.86. The largest absolute Gasteiger partial charge is 0.396 e. The number of amides is 1. The number of carbonyl (C=O) groups excluding carboxylic acids is 1. The van der Waals surface area contributed by atoms with Gasteiger partial charge < -0.3 is 10.4 Å². The van der Waals surface area contributed by atoms with Crippen molar-refractivity contribution in [3.63, 3.8) is 0 Å². The number of aliphatic hydroxyl groups is 1. The molecule has 2 N–H and O–H groups in total. The molecule has 2 aromatic heterocycles. The number of likely N-dealkylation sites (tertiary alicyclic amines) is 1. The smallest absolute Gasteiger partial charge is 0.337 e. The minimum atomic E-state index is -1.42.